The molecule has 0 aliphatic heterocycles. The van der Waals surface area contributed by atoms with Gasteiger partial charge in [0.2, 0.25) is 0 Å². The van der Waals surface area contributed by atoms with Gasteiger partial charge in [-0.3, -0.25) is 0 Å². The van der Waals surface area contributed by atoms with Gasteiger partial charge in [0.05, 0.1) is 11.0 Å². The van der Waals surface area contributed by atoms with Gasteiger partial charge in [-0.05, 0) is 38.6 Å². The summed E-state index contributed by atoms with van der Waals surface area (Å²) in [6.45, 7) is 10.9. The summed E-state index contributed by atoms with van der Waals surface area (Å²) in [5.74, 6) is 0.532. The van der Waals surface area contributed by atoms with Crippen LogP contribution in [0.1, 0.15) is 53.9 Å². The van der Waals surface area contributed by atoms with Crippen molar-refractivity contribution in [2.75, 3.05) is 12.3 Å². The van der Waals surface area contributed by atoms with E-state index in [9.17, 15) is 8.42 Å². The van der Waals surface area contributed by atoms with E-state index in [4.69, 9.17) is 0 Å². The van der Waals surface area contributed by atoms with Crippen molar-refractivity contribution in [3.05, 3.63) is 0 Å². The van der Waals surface area contributed by atoms with Crippen LogP contribution in [-0.4, -0.2) is 32.0 Å². The van der Waals surface area contributed by atoms with Crippen molar-refractivity contribution in [3.8, 4) is 0 Å². The molecule has 0 spiro atoms. The molecule has 2 atom stereocenters. The summed E-state index contributed by atoms with van der Waals surface area (Å²) in [5.41, 5.74) is 0. The molecule has 0 radical (unpaired) electrons. The van der Waals surface area contributed by atoms with Crippen LogP contribution in [0, 0.1) is 5.92 Å². The Kier molecular flexibility index (Phi) is 8.05. The lowest BCUT2D eigenvalue weighted by atomic mass is 10.1. The SMILES string of the molecule is CCNC(CC)CCCS(=O)(=O)C(C)C(C)C. The Labute approximate surface area is 107 Å². The zero-order valence-corrected chi connectivity index (χ0v) is 12.8. The number of hydrogen-bond donors (Lipinski definition) is 1. The van der Waals surface area contributed by atoms with Crippen molar-refractivity contribution < 1.29 is 8.42 Å². The van der Waals surface area contributed by atoms with Crippen molar-refractivity contribution in [2.24, 2.45) is 5.92 Å². The van der Waals surface area contributed by atoms with E-state index in [1.54, 1.807) is 0 Å². The number of sulfone groups is 1. The molecule has 0 bridgehead atoms. The van der Waals surface area contributed by atoms with Crippen LogP contribution in [0.2, 0.25) is 0 Å². The van der Waals surface area contributed by atoms with Gasteiger partial charge in [0.1, 0.15) is 0 Å². The predicted molar refractivity (Wildman–Crippen MR) is 75.1 cm³/mol. The maximum atomic E-state index is 12.0. The van der Waals surface area contributed by atoms with Crippen LogP contribution in [0.3, 0.4) is 0 Å². The summed E-state index contributed by atoms with van der Waals surface area (Å²) in [4.78, 5) is 0. The van der Waals surface area contributed by atoms with E-state index in [0.717, 1.165) is 25.8 Å². The second-order valence-electron chi connectivity index (χ2n) is 5.12. The summed E-state index contributed by atoms with van der Waals surface area (Å²) in [5, 5.41) is 3.16. The molecule has 0 fully saturated rings. The Morgan fingerprint density at radius 1 is 1.12 bits per heavy atom. The Bertz CT molecular complexity index is 286. The van der Waals surface area contributed by atoms with E-state index >= 15 is 0 Å². The van der Waals surface area contributed by atoms with Crippen LogP contribution in [-0.2, 0) is 9.84 Å². The molecule has 0 aliphatic carbocycles. The highest BCUT2D eigenvalue weighted by molar-refractivity contribution is 7.92. The van der Waals surface area contributed by atoms with E-state index in [-0.39, 0.29) is 11.2 Å². The van der Waals surface area contributed by atoms with Crippen LogP contribution in [0.15, 0.2) is 0 Å². The fourth-order valence-electron chi connectivity index (χ4n) is 1.87. The molecule has 0 amide bonds. The quantitative estimate of drug-likeness (QED) is 0.695. The van der Waals surface area contributed by atoms with Gasteiger partial charge in [-0.1, -0.05) is 27.7 Å². The van der Waals surface area contributed by atoms with Crippen molar-refractivity contribution in [1.82, 2.24) is 5.32 Å². The summed E-state index contributed by atoms with van der Waals surface area (Å²) in [6.07, 6.45) is 2.78. The third-order valence-electron chi connectivity index (χ3n) is 3.47. The second-order valence-corrected chi connectivity index (χ2v) is 7.60. The summed E-state index contributed by atoms with van der Waals surface area (Å²) in [7, 11) is -2.91. The van der Waals surface area contributed by atoms with Crippen LogP contribution < -0.4 is 5.32 Å². The Morgan fingerprint density at radius 2 is 1.71 bits per heavy atom. The van der Waals surface area contributed by atoms with Crippen LogP contribution >= 0.6 is 0 Å². The molecule has 2 unspecified atom stereocenters. The molecule has 0 saturated carbocycles. The molecule has 3 nitrogen and oxygen atoms in total. The van der Waals surface area contributed by atoms with Gasteiger partial charge in [0.25, 0.3) is 0 Å². The topological polar surface area (TPSA) is 46.2 Å². The highest BCUT2D eigenvalue weighted by Gasteiger charge is 2.23. The molecule has 1 N–H and O–H groups in total. The van der Waals surface area contributed by atoms with Gasteiger partial charge >= 0.3 is 0 Å². The molecule has 4 heteroatoms. The summed E-state index contributed by atoms with van der Waals surface area (Å²) < 4.78 is 24.0. The van der Waals surface area contributed by atoms with E-state index in [0.29, 0.717) is 11.8 Å². The molecule has 0 saturated heterocycles. The average Bonchev–Trinajstić information content (AvgIpc) is 2.26. The lowest BCUT2D eigenvalue weighted by Gasteiger charge is -2.18. The van der Waals surface area contributed by atoms with Crippen LogP contribution in [0.4, 0.5) is 0 Å². The Morgan fingerprint density at radius 3 is 2.12 bits per heavy atom. The third-order valence-corrected chi connectivity index (χ3v) is 6.01. The minimum absolute atomic E-state index is 0.204. The lowest BCUT2D eigenvalue weighted by Crippen LogP contribution is -2.30. The minimum atomic E-state index is -2.91. The van der Waals surface area contributed by atoms with Crippen molar-refractivity contribution in [1.29, 1.82) is 0 Å². The lowest BCUT2D eigenvalue weighted by molar-refractivity contribution is 0.473. The summed E-state index contributed by atoms with van der Waals surface area (Å²) >= 11 is 0. The molecule has 0 aromatic carbocycles. The molecular formula is C13H29NO2S. The maximum Gasteiger partial charge on any atom is 0.153 e. The molecule has 0 aromatic rings. The molecule has 0 rings (SSSR count). The first-order valence-corrected chi connectivity index (χ1v) is 8.51. The first-order chi connectivity index (χ1) is 7.85. The highest BCUT2D eigenvalue weighted by Crippen LogP contribution is 2.14. The standard InChI is InChI=1S/C13H29NO2S/c1-6-13(14-7-2)9-8-10-17(15,16)12(5)11(3)4/h11-14H,6-10H2,1-5H3. The zero-order valence-electron chi connectivity index (χ0n) is 12.0. The fraction of sp³-hybridized carbons (Fsp3) is 1.00. The van der Waals surface area contributed by atoms with Gasteiger partial charge in [-0.15, -0.1) is 0 Å². The Balaban J connectivity index is 4.11. The predicted octanol–water partition coefficient (Wildman–Crippen LogP) is 2.61. The van der Waals surface area contributed by atoms with Gasteiger partial charge in [-0.2, -0.15) is 0 Å². The first kappa shape index (κ1) is 16.9. The molecule has 0 heterocycles. The van der Waals surface area contributed by atoms with Crippen LogP contribution in [0.25, 0.3) is 0 Å². The average molecular weight is 263 g/mol. The van der Waals surface area contributed by atoms with Gasteiger partial charge < -0.3 is 5.32 Å². The molecule has 17 heavy (non-hydrogen) atoms. The largest absolute Gasteiger partial charge is 0.314 e. The van der Waals surface area contributed by atoms with Crippen LogP contribution in [0.5, 0.6) is 0 Å². The van der Waals surface area contributed by atoms with Crippen molar-refractivity contribution in [2.45, 2.75) is 65.2 Å². The minimum Gasteiger partial charge on any atom is -0.314 e. The maximum absolute atomic E-state index is 12.0. The molecular weight excluding hydrogens is 234 g/mol. The van der Waals surface area contributed by atoms with E-state index < -0.39 is 9.84 Å². The van der Waals surface area contributed by atoms with E-state index in [2.05, 4.69) is 19.2 Å². The number of rotatable bonds is 9. The Hall–Kier alpha value is -0.0900. The monoisotopic (exact) mass is 263 g/mol. The van der Waals surface area contributed by atoms with E-state index in [1.165, 1.54) is 0 Å². The van der Waals surface area contributed by atoms with Gasteiger partial charge in [0, 0.05) is 6.04 Å². The number of nitrogens with one attached hydrogen (secondary N) is 1. The smallest absolute Gasteiger partial charge is 0.153 e. The summed E-state index contributed by atoms with van der Waals surface area (Å²) in [6, 6.07) is 0.463. The van der Waals surface area contributed by atoms with Gasteiger partial charge in [-0.25, -0.2) is 8.42 Å². The van der Waals surface area contributed by atoms with Gasteiger partial charge in [0.15, 0.2) is 9.84 Å². The first-order valence-electron chi connectivity index (χ1n) is 6.80. The molecule has 104 valence electrons. The number of hydrogen-bond acceptors (Lipinski definition) is 3. The molecule has 0 aliphatic rings. The van der Waals surface area contributed by atoms with Crippen molar-refractivity contribution in [3.63, 3.8) is 0 Å². The molecule has 0 aromatic heterocycles. The second kappa shape index (κ2) is 8.09. The highest BCUT2D eigenvalue weighted by atomic mass is 32.2. The fourth-order valence-corrected chi connectivity index (χ4v) is 3.64. The van der Waals surface area contributed by atoms with Crippen molar-refractivity contribution >= 4 is 9.84 Å². The normalized spacial score (nSPS) is 16.1. The van der Waals surface area contributed by atoms with E-state index in [1.807, 2.05) is 20.8 Å². The zero-order chi connectivity index (χ0) is 13.5. The third kappa shape index (κ3) is 6.41.